The third kappa shape index (κ3) is 3.96. The zero-order valence-electron chi connectivity index (χ0n) is 14.7. The number of nitro groups is 1. The summed E-state index contributed by atoms with van der Waals surface area (Å²) >= 11 is 0. The van der Waals surface area contributed by atoms with Crippen molar-refractivity contribution in [2.24, 2.45) is 0 Å². The summed E-state index contributed by atoms with van der Waals surface area (Å²) < 4.78 is 10.2. The number of nitrogens with zero attached hydrogens (tertiary/aromatic N) is 4. The highest BCUT2D eigenvalue weighted by Crippen LogP contribution is 2.26. The highest BCUT2D eigenvalue weighted by molar-refractivity contribution is 5.90. The van der Waals surface area contributed by atoms with Crippen LogP contribution in [-0.2, 0) is 6.61 Å². The van der Waals surface area contributed by atoms with Gasteiger partial charge in [-0.2, -0.15) is 5.26 Å². The van der Waals surface area contributed by atoms with Crippen molar-refractivity contribution in [1.82, 2.24) is 5.16 Å². The van der Waals surface area contributed by atoms with Gasteiger partial charge in [-0.25, -0.2) is 0 Å². The minimum Gasteiger partial charge on any atom is -0.484 e. The second kappa shape index (κ2) is 8.01. The van der Waals surface area contributed by atoms with Crippen LogP contribution in [0.2, 0.25) is 0 Å². The number of non-ortho nitro benzene ring substituents is 1. The van der Waals surface area contributed by atoms with Crippen molar-refractivity contribution in [3.05, 3.63) is 86.4 Å². The maximum absolute atomic E-state index is 11.5. The van der Waals surface area contributed by atoms with E-state index in [0.717, 1.165) is 0 Å². The Kier molecular flexibility index (Phi) is 5.32. The van der Waals surface area contributed by atoms with Gasteiger partial charge in [0, 0.05) is 29.8 Å². The van der Waals surface area contributed by atoms with Crippen LogP contribution in [0.1, 0.15) is 22.5 Å². The van der Waals surface area contributed by atoms with E-state index in [-0.39, 0.29) is 22.9 Å². The van der Waals surface area contributed by atoms with Crippen molar-refractivity contribution in [3.63, 3.8) is 0 Å². The van der Waals surface area contributed by atoms with Crippen molar-refractivity contribution < 1.29 is 19.2 Å². The molecule has 0 spiro atoms. The summed E-state index contributed by atoms with van der Waals surface area (Å²) in [6.07, 6.45) is 1.61. The summed E-state index contributed by atoms with van der Waals surface area (Å²) in [6, 6.07) is 14.8. The average Bonchev–Trinajstić information content (AvgIpc) is 3.03. The van der Waals surface area contributed by atoms with Crippen LogP contribution in [0.25, 0.3) is 11.6 Å². The number of hydrogen-bond donors (Lipinski definition) is 0. The monoisotopic (exact) mass is 378 g/mol. The molecule has 0 aliphatic heterocycles. The minimum atomic E-state index is -0.502. The molecule has 0 N–H and O–H groups in total. The first-order valence-electron chi connectivity index (χ1n) is 8.13. The lowest BCUT2D eigenvalue weighted by molar-refractivity contribution is -0.808. The van der Waals surface area contributed by atoms with E-state index in [2.05, 4.69) is 15.9 Å². The lowest BCUT2D eigenvalue weighted by Crippen LogP contribution is -2.29. The molecule has 3 aromatic rings. The molecule has 28 heavy (non-hydrogen) atoms. The maximum atomic E-state index is 11.5. The van der Waals surface area contributed by atoms with E-state index in [0.29, 0.717) is 28.1 Å². The third-order valence-corrected chi connectivity index (χ3v) is 3.98. The third-order valence-electron chi connectivity index (χ3n) is 3.98. The first-order valence-corrected chi connectivity index (χ1v) is 8.13. The Hall–Kier alpha value is -4.19. The SMILES string of the molecule is Cc1no[n+]([O-])c1COc1ccccc1/C=C(\C#N)c1ccc([N+](=O)[O-])cc1. The van der Waals surface area contributed by atoms with Gasteiger partial charge in [0.2, 0.25) is 11.4 Å². The van der Waals surface area contributed by atoms with Gasteiger partial charge in [-0.1, -0.05) is 18.2 Å². The molecule has 140 valence electrons. The number of nitro benzene ring substituents is 1. The second-order valence-corrected chi connectivity index (χ2v) is 5.76. The van der Waals surface area contributed by atoms with E-state index in [1.807, 2.05) is 0 Å². The number of aryl methyl sites for hydroxylation is 1. The summed E-state index contributed by atoms with van der Waals surface area (Å²) in [5.41, 5.74) is 2.08. The quantitative estimate of drug-likeness (QED) is 0.212. The molecule has 0 aliphatic carbocycles. The number of nitriles is 1. The molecule has 9 nitrogen and oxygen atoms in total. The molecule has 0 saturated heterocycles. The van der Waals surface area contributed by atoms with Crippen molar-refractivity contribution in [2.45, 2.75) is 13.5 Å². The van der Waals surface area contributed by atoms with Gasteiger partial charge in [-0.05, 0) is 34.7 Å². The number of benzene rings is 2. The number of allylic oxidation sites excluding steroid dienone is 1. The van der Waals surface area contributed by atoms with E-state index < -0.39 is 4.92 Å². The average molecular weight is 378 g/mol. The van der Waals surface area contributed by atoms with Gasteiger partial charge in [0.15, 0.2) is 6.61 Å². The molecular weight excluding hydrogens is 364 g/mol. The number of hydrogen-bond acceptors (Lipinski definition) is 7. The normalized spacial score (nSPS) is 11.1. The topological polar surface area (TPSA) is 129 Å². The zero-order chi connectivity index (χ0) is 20.1. The molecule has 0 saturated carbocycles. The highest BCUT2D eigenvalue weighted by atomic mass is 16.8. The van der Waals surface area contributed by atoms with Crippen molar-refractivity contribution in [2.75, 3.05) is 0 Å². The zero-order valence-corrected chi connectivity index (χ0v) is 14.7. The largest absolute Gasteiger partial charge is 0.484 e. The molecule has 2 aromatic carbocycles. The van der Waals surface area contributed by atoms with Crippen LogP contribution in [0.15, 0.2) is 53.2 Å². The van der Waals surface area contributed by atoms with E-state index in [1.165, 1.54) is 24.3 Å². The lowest BCUT2D eigenvalue weighted by Gasteiger charge is -2.08. The smallest absolute Gasteiger partial charge is 0.269 e. The first-order chi connectivity index (χ1) is 13.5. The van der Waals surface area contributed by atoms with E-state index in [9.17, 15) is 20.6 Å². The molecular formula is C19H14N4O5. The standard InChI is InChI=1S/C19H14N4O5/c1-13-18(23(26)28-21-13)12-27-19-5-3-2-4-15(19)10-16(11-20)14-6-8-17(9-7-14)22(24)25/h2-10H,12H2,1H3/b16-10+. The van der Waals surface area contributed by atoms with Crippen molar-refractivity contribution in [3.8, 4) is 11.8 Å². The van der Waals surface area contributed by atoms with Gasteiger partial charge in [0.05, 0.1) is 16.6 Å². The number of para-hydroxylation sites is 1. The van der Waals surface area contributed by atoms with Crippen molar-refractivity contribution >= 4 is 17.3 Å². The molecule has 0 radical (unpaired) electrons. The lowest BCUT2D eigenvalue weighted by atomic mass is 10.0. The van der Waals surface area contributed by atoms with Crippen LogP contribution in [-0.4, -0.2) is 10.1 Å². The summed E-state index contributed by atoms with van der Waals surface area (Å²) in [5.74, 6) is 0.456. The molecule has 9 heteroatoms. The van der Waals surface area contributed by atoms with Crippen LogP contribution < -0.4 is 9.64 Å². The number of rotatable bonds is 6. The molecule has 0 aliphatic rings. The molecule has 0 unspecified atom stereocenters. The number of aromatic nitrogens is 2. The Morgan fingerprint density at radius 2 is 2.04 bits per heavy atom. The first kappa shape index (κ1) is 18.6. The molecule has 0 amide bonds. The predicted molar refractivity (Wildman–Crippen MR) is 97.6 cm³/mol. The van der Waals surface area contributed by atoms with Crippen LogP contribution >= 0.6 is 0 Å². The van der Waals surface area contributed by atoms with E-state index in [1.54, 1.807) is 37.3 Å². The molecule has 3 rings (SSSR count). The molecule has 1 aromatic heterocycles. The van der Waals surface area contributed by atoms with E-state index >= 15 is 0 Å². The maximum Gasteiger partial charge on any atom is 0.269 e. The van der Waals surface area contributed by atoms with Crippen LogP contribution in [0.4, 0.5) is 5.69 Å². The highest BCUT2D eigenvalue weighted by Gasteiger charge is 2.16. The van der Waals surface area contributed by atoms with Crippen LogP contribution in [0.5, 0.6) is 5.75 Å². The summed E-state index contributed by atoms with van der Waals surface area (Å²) in [4.78, 5) is 10.6. The van der Waals surface area contributed by atoms with Crippen LogP contribution in [0, 0.1) is 33.6 Å². The second-order valence-electron chi connectivity index (χ2n) is 5.76. The predicted octanol–water partition coefficient (Wildman–Crippen LogP) is 3.17. The van der Waals surface area contributed by atoms with Gasteiger partial charge in [0.25, 0.3) is 5.69 Å². The Labute approximate surface area is 159 Å². The Morgan fingerprint density at radius 1 is 1.32 bits per heavy atom. The summed E-state index contributed by atoms with van der Waals surface area (Å²) in [6.45, 7) is 1.58. The van der Waals surface area contributed by atoms with Gasteiger partial charge in [-0.15, -0.1) is 0 Å². The Bertz CT molecular complexity index is 1060. The van der Waals surface area contributed by atoms with Gasteiger partial charge in [-0.3, -0.25) is 14.7 Å². The minimum absolute atomic E-state index is 0.0525. The number of ether oxygens (including phenoxy) is 1. The van der Waals surface area contributed by atoms with Gasteiger partial charge in [0.1, 0.15) is 5.75 Å². The summed E-state index contributed by atoms with van der Waals surface area (Å²) in [7, 11) is 0. The fourth-order valence-electron chi connectivity index (χ4n) is 2.47. The molecule has 0 bridgehead atoms. The molecule has 0 atom stereocenters. The molecule has 1 heterocycles. The fourth-order valence-corrected chi connectivity index (χ4v) is 2.47. The van der Waals surface area contributed by atoms with Crippen LogP contribution in [0.3, 0.4) is 0 Å². The van der Waals surface area contributed by atoms with Crippen molar-refractivity contribution in [1.29, 1.82) is 5.26 Å². The fraction of sp³-hybridized carbons (Fsp3) is 0.105. The Balaban J connectivity index is 1.88. The van der Waals surface area contributed by atoms with Gasteiger partial charge < -0.3 is 9.94 Å². The van der Waals surface area contributed by atoms with E-state index in [4.69, 9.17) is 4.74 Å². The van der Waals surface area contributed by atoms with Gasteiger partial charge >= 0.3 is 0 Å². The summed E-state index contributed by atoms with van der Waals surface area (Å²) in [5, 5.41) is 35.4. The Morgan fingerprint density at radius 3 is 2.64 bits per heavy atom. The molecule has 0 fully saturated rings.